The third kappa shape index (κ3) is 9.46. The molecule has 2 aliphatic carbocycles. The van der Waals surface area contributed by atoms with Gasteiger partial charge in [-0.3, -0.25) is 19.1 Å². The first-order valence-electron chi connectivity index (χ1n) is 16.6. The summed E-state index contributed by atoms with van der Waals surface area (Å²) in [5, 5.41) is 7.32. The van der Waals surface area contributed by atoms with Gasteiger partial charge in [-0.2, -0.15) is 0 Å². The number of rotatable bonds is 12. The largest absolute Gasteiger partial charge is 0.497 e. The molecule has 5 amide bonds. The SMILES string of the molecule is C=CC1C[C@]1(NC(=O)[C@@H]1C[C@@H](OC(=O)NCc2ccc(OC)cc2)CN1C(=O)[C@@H](NC(=O)OC(C)(C)C)C(C)(C)C)C(=O)NS(=O)(=O)C1CC1. The summed E-state index contributed by atoms with van der Waals surface area (Å²) in [6.45, 7) is 13.9. The van der Waals surface area contributed by atoms with Crippen LogP contribution in [0.3, 0.4) is 0 Å². The van der Waals surface area contributed by atoms with Crippen LogP contribution in [-0.2, 0) is 40.4 Å². The summed E-state index contributed by atoms with van der Waals surface area (Å²) < 4.78 is 43.5. The smallest absolute Gasteiger partial charge is 0.408 e. The second kappa shape index (κ2) is 14.5. The lowest BCUT2D eigenvalue weighted by Crippen LogP contribution is -2.60. The normalized spacial score (nSPS) is 23.9. The highest BCUT2D eigenvalue weighted by Crippen LogP contribution is 2.45. The van der Waals surface area contributed by atoms with Gasteiger partial charge in [0, 0.05) is 18.9 Å². The predicted octanol–water partition coefficient (Wildman–Crippen LogP) is 2.50. The van der Waals surface area contributed by atoms with Gasteiger partial charge in [0.25, 0.3) is 5.91 Å². The minimum absolute atomic E-state index is 0.105. The van der Waals surface area contributed by atoms with E-state index in [0.29, 0.717) is 18.6 Å². The third-order valence-corrected chi connectivity index (χ3v) is 10.6. The first-order valence-corrected chi connectivity index (χ1v) is 18.1. The Morgan fingerprint density at radius 2 is 1.68 bits per heavy atom. The third-order valence-electron chi connectivity index (χ3n) is 8.74. The Balaban J connectivity index is 1.55. The number of sulfonamides is 1. The van der Waals surface area contributed by atoms with E-state index in [4.69, 9.17) is 14.2 Å². The molecule has 1 heterocycles. The van der Waals surface area contributed by atoms with Crippen LogP contribution in [0.2, 0.25) is 0 Å². The van der Waals surface area contributed by atoms with Crippen LogP contribution in [0.5, 0.6) is 5.75 Å². The Morgan fingerprint density at radius 1 is 1.04 bits per heavy atom. The van der Waals surface area contributed by atoms with Crippen molar-refractivity contribution in [2.24, 2.45) is 11.3 Å². The zero-order chi connectivity index (χ0) is 37.2. The molecule has 5 atom stereocenters. The van der Waals surface area contributed by atoms with Crippen LogP contribution in [0, 0.1) is 11.3 Å². The number of benzene rings is 1. The van der Waals surface area contributed by atoms with Crippen LogP contribution < -0.4 is 25.4 Å². The molecule has 1 aromatic rings. The zero-order valence-electron chi connectivity index (χ0n) is 29.7. The summed E-state index contributed by atoms with van der Waals surface area (Å²) >= 11 is 0. The Kier molecular flexibility index (Phi) is 11.1. The van der Waals surface area contributed by atoms with Gasteiger partial charge in [0.2, 0.25) is 21.8 Å². The molecule has 276 valence electrons. The van der Waals surface area contributed by atoms with Gasteiger partial charge in [0.1, 0.15) is 35.1 Å². The van der Waals surface area contributed by atoms with E-state index in [2.05, 4.69) is 27.3 Å². The molecule has 50 heavy (non-hydrogen) atoms. The van der Waals surface area contributed by atoms with Crippen molar-refractivity contribution in [3.05, 3.63) is 42.5 Å². The van der Waals surface area contributed by atoms with Crippen molar-refractivity contribution in [3.8, 4) is 5.75 Å². The van der Waals surface area contributed by atoms with E-state index in [0.717, 1.165) is 5.56 Å². The van der Waals surface area contributed by atoms with Gasteiger partial charge in [-0.25, -0.2) is 18.0 Å². The van der Waals surface area contributed by atoms with Crippen molar-refractivity contribution < 1.29 is 46.6 Å². The molecule has 2 saturated carbocycles. The van der Waals surface area contributed by atoms with Crippen molar-refractivity contribution in [2.45, 2.75) is 108 Å². The highest BCUT2D eigenvalue weighted by atomic mass is 32.2. The van der Waals surface area contributed by atoms with E-state index in [1.165, 1.54) is 11.0 Å². The van der Waals surface area contributed by atoms with Crippen LogP contribution >= 0.6 is 0 Å². The quantitative estimate of drug-likeness (QED) is 0.233. The van der Waals surface area contributed by atoms with E-state index >= 15 is 0 Å². The Morgan fingerprint density at radius 3 is 2.20 bits per heavy atom. The minimum Gasteiger partial charge on any atom is -0.497 e. The number of amides is 5. The monoisotopic (exact) mass is 719 g/mol. The molecule has 4 rings (SSSR count). The average molecular weight is 720 g/mol. The molecule has 0 radical (unpaired) electrons. The summed E-state index contributed by atoms with van der Waals surface area (Å²) in [6, 6.07) is 4.62. The van der Waals surface area contributed by atoms with E-state index in [-0.39, 0.29) is 25.9 Å². The number of ether oxygens (including phenoxy) is 3. The van der Waals surface area contributed by atoms with Crippen molar-refractivity contribution in [3.63, 3.8) is 0 Å². The highest BCUT2D eigenvalue weighted by Gasteiger charge is 2.62. The summed E-state index contributed by atoms with van der Waals surface area (Å²) in [5.74, 6) is -2.18. The maximum Gasteiger partial charge on any atom is 0.408 e. The number of nitrogens with zero attached hydrogens (tertiary/aromatic N) is 1. The minimum atomic E-state index is -3.92. The fourth-order valence-electron chi connectivity index (χ4n) is 5.74. The van der Waals surface area contributed by atoms with E-state index in [9.17, 15) is 32.4 Å². The number of carbonyl (C=O) groups is 5. The van der Waals surface area contributed by atoms with Gasteiger partial charge in [-0.1, -0.05) is 39.0 Å². The number of hydrogen-bond acceptors (Lipinski definition) is 10. The fourth-order valence-corrected chi connectivity index (χ4v) is 7.11. The molecular weight excluding hydrogens is 670 g/mol. The fraction of sp³-hybridized carbons (Fsp3) is 0.618. The zero-order valence-corrected chi connectivity index (χ0v) is 30.5. The van der Waals surface area contributed by atoms with Crippen LogP contribution in [-0.4, -0.2) is 91.5 Å². The number of alkyl carbamates (subject to hydrolysis) is 2. The van der Waals surface area contributed by atoms with Crippen LogP contribution in [0.4, 0.5) is 9.59 Å². The average Bonchev–Trinajstić information content (AvgIpc) is 3.94. The van der Waals surface area contributed by atoms with Gasteiger partial charge in [0.05, 0.1) is 18.9 Å². The van der Waals surface area contributed by atoms with Crippen LogP contribution in [0.15, 0.2) is 36.9 Å². The maximum absolute atomic E-state index is 14.2. The van der Waals surface area contributed by atoms with E-state index in [1.54, 1.807) is 72.9 Å². The maximum atomic E-state index is 14.2. The van der Waals surface area contributed by atoms with Gasteiger partial charge in [-0.15, -0.1) is 6.58 Å². The lowest BCUT2D eigenvalue weighted by atomic mass is 9.85. The molecule has 0 bridgehead atoms. The lowest BCUT2D eigenvalue weighted by molar-refractivity contribution is -0.143. The number of likely N-dealkylation sites (tertiary alicyclic amines) is 1. The molecule has 3 fully saturated rings. The summed E-state index contributed by atoms with van der Waals surface area (Å²) in [6.07, 6.45) is -0.255. The summed E-state index contributed by atoms with van der Waals surface area (Å²) in [7, 11) is -2.37. The number of nitrogens with one attached hydrogen (secondary N) is 4. The van der Waals surface area contributed by atoms with Crippen molar-refractivity contribution in [2.75, 3.05) is 13.7 Å². The number of hydrogen-bond donors (Lipinski definition) is 4. The molecule has 16 heteroatoms. The first kappa shape index (κ1) is 38.5. The standard InChI is InChI=1S/C34H49N5O10S/c1-9-21-17-34(21,29(42)38-50(45,46)24-14-15-24)37-27(40)25-16-23(48-30(43)35-18-20-10-12-22(47-8)13-11-20)19-39(25)28(41)26(32(2,3)4)36-31(44)49-33(5,6)7/h9-13,21,23-26H,1,14-19H2,2-8H3,(H,35,43)(H,36,44)(H,37,40)(H,38,42)/t21?,23-,25+,26-,34-/m1/s1. The Bertz CT molecular complexity index is 1600. The van der Waals surface area contributed by atoms with Crippen LogP contribution in [0.25, 0.3) is 0 Å². The molecule has 1 saturated heterocycles. The van der Waals surface area contributed by atoms with Crippen molar-refractivity contribution in [1.82, 2.24) is 25.6 Å². The van der Waals surface area contributed by atoms with Gasteiger partial charge >= 0.3 is 12.2 Å². The second-order valence-electron chi connectivity index (χ2n) is 15.1. The molecule has 0 spiro atoms. The number of methoxy groups -OCH3 is 1. The van der Waals surface area contributed by atoms with E-state index in [1.807, 2.05) is 0 Å². The second-order valence-corrected chi connectivity index (χ2v) is 17.1. The highest BCUT2D eigenvalue weighted by molar-refractivity contribution is 7.91. The number of carbonyl (C=O) groups excluding carboxylic acids is 5. The molecule has 15 nitrogen and oxygen atoms in total. The van der Waals surface area contributed by atoms with Crippen molar-refractivity contribution >= 4 is 39.9 Å². The molecule has 0 aromatic heterocycles. The van der Waals surface area contributed by atoms with Gasteiger partial charge in [0.15, 0.2) is 0 Å². The van der Waals surface area contributed by atoms with E-state index < -0.39 is 85.8 Å². The van der Waals surface area contributed by atoms with Crippen molar-refractivity contribution in [1.29, 1.82) is 0 Å². The summed E-state index contributed by atoms with van der Waals surface area (Å²) in [4.78, 5) is 68.5. The molecule has 1 aliphatic heterocycles. The molecule has 1 unspecified atom stereocenters. The molecule has 1 aromatic carbocycles. The molecular formula is C34H49N5O10S. The topological polar surface area (TPSA) is 199 Å². The molecule has 3 aliphatic rings. The summed E-state index contributed by atoms with van der Waals surface area (Å²) in [5.41, 5.74) is -2.52. The van der Waals surface area contributed by atoms with Gasteiger partial charge < -0.3 is 35.1 Å². The first-order chi connectivity index (χ1) is 23.2. The van der Waals surface area contributed by atoms with Crippen LogP contribution in [0.1, 0.15) is 72.8 Å². The molecule has 4 N–H and O–H groups in total. The predicted molar refractivity (Wildman–Crippen MR) is 182 cm³/mol. The van der Waals surface area contributed by atoms with Gasteiger partial charge in [-0.05, 0) is 63.1 Å². The lowest BCUT2D eigenvalue weighted by Gasteiger charge is -2.36. The Labute approximate surface area is 293 Å². The Hall–Kier alpha value is -4.34.